The highest BCUT2D eigenvalue weighted by Crippen LogP contribution is 2.68. The molecule has 11 atom stereocenters. The predicted molar refractivity (Wildman–Crippen MR) is 307 cm³/mol. The van der Waals surface area contributed by atoms with Crippen molar-refractivity contribution >= 4 is 23.8 Å². The van der Waals surface area contributed by atoms with Crippen molar-refractivity contribution in [1.82, 2.24) is 40.2 Å². The Labute approximate surface area is 461 Å². The quantitative estimate of drug-likeness (QED) is 0.0395. The van der Waals surface area contributed by atoms with E-state index in [1.54, 1.807) is 17.4 Å². The lowest BCUT2D eigenvalue weighted by molar-refractivity contribution is -0.144. The molecule has 4 amide bonds. The van der Waals surface area contributed by atoms with Crippen molar-refractivity contribution in [1.29, 1.82) is 0 Å². The molecule has 5 N–H and O–H groups in total. The summed E-state index contributed by atoms with van der Waals surface area (Å²) in [6.45, 7) is 11.3. The smallest absolute Gasteiger partial charge is 0.407 e. The number of nitrogens with one attached hydrogen (secondary N) is 3. The van der Waals surface area contributed by atoms with E-state index in [9.17, 15) is 19.2 Å². The summed E-state index contributed by atoms with van der Waals surface area (Å²) in [6, 6.07) is -1.85. The van der Waals surface area contributed by atoms with Gasteiger partial charge in [-0.05, 0) is 197 Å². The molecular weight excluding hydrogens is 951 g/mol. The molecule has 4 saturated carbocycles. The SMILES string of the molecule is CCCCCCCC/C=C\CCCCCCCCNC(=O)O[C@@H]1CC[C@@]2(C)C(CCC3C2CC[C@]2(C)C(CCC(=O)N[C@H]4C[C@@H](C(=O)N(CCCN(C)C)CCCN(C)C)N(C(=O)C(N)Cc5cnc[nH]5)C4)CCC32)C1. The maximum atomic E-state index is 14.5. The molecule has 6 unspecified atom stereocenters. The molecule has 1 aromatic heterocycles. The Kier molecular flexibility index (Phi) is 25.5. The summed E-state index contributed by atoms with van der Waals surface area (Å²) in [5.74, 6) is 2.90. The Morgan fingerprint density at radius 1 is 0.789 bits per heavy atom. The van der Waals surface area contributed by atoms with Gasteiger partial charge in [0.1, 0.15) is 12.1 Å². The molecule has 0 radical (unpaired) electrons. The van der Waals surface area contributed by atoms with Crippen LogP contribution in [-0.2, 0) is 25.5 Å². The van der Waals surface area contributed by atoms with Crippen LogP contribution in [0.2, 0.25) is 0 Å². The van der Waals surface area contributed by atoms with Crippen molar-refractivity contribution in [3.05, 3.63) is 30.4 Å². The average Bonchev–Trinajstić information content (AvgIpc) is 4.20. The number of imidazole rings is 1. The van der Waals surface area contributed by atoms with Gasteiger partial charge in [0.2, 0.25) is 17.7 Å². The van der Waals surface area contributed by atoms with Crippen LogP contribution in [0.4, 0.5) is 4.79 Å². The summed E-state index contributed by atoms with van der Waals surface area (Å²) >= 11 is 0. The van der Waals surface area contributed by atoms with Gasteiger partial charge in [0.15, 0.2) is 0 Å². The topological polar surface area (TPSA) is 169 Å². The fourth-order valence-electron chi connectivity index (χ4n) is 15.3. The van der Waals surface area contributed by atoms with E-state index in [0.717, 1.165) is 76.1 Å². The third-order valence-corrected chi connectivity index (χ3v) is 19.7. The minimum atomic E-state index is -0.839. The molecule has 2 heterocycles. The number of ether oxygens (including phenoxy) is 1. The second-order valence-corrected chi connectivity index (χ2v) is 25.7. The van der Waals surface area contributed by atoms with Gasteiger partial charge >= 0.3 is 6.09 Å². The van der Waals surface area contributed by atoms with Crippen LogP contribution in [0.5, 0.6) is 0 Å². The molecule has 6 rings (SSSR count). The van der Waals surface area contributed by atoms with Gasteiger partial charge in [0.05, 0.1) is 12.4 Å². The molecule has 14 nitrogen and oxygen atoms in total. The third-order valence-electron chi connectivity index (χ3n) is 19.7. The number of hydrogen-bond donors (Lipinski definition) is 4. The maximum Gasteiger partial charge on any atom is 0.407 e. The highest BCUT2D eigenvalue weighted by molar-refractivity contribution is 5.91. The number of hydrogen-bond acceptors (Lipinski definition) is 9. The number of carbonyl (C=O) groups is 4. The normalized spacial score (nSPS) is 28.6. The molecule has 14 heteroatoms. The zero-order valence-corrected chi connectivity index (χ0v) is 49.1. The average molecular weight is 1060 g/mol. The number of nitrogens with zero attached hydrogens (tertiary/aromatic N) is 5. The largest absolute Gasteiger partial charge is 0.446 e. The van der Waals surface area contributed by atoms with E-state index in [2.05, 4.69) is 63.3 Å². The first-order valence-electron chi connectivity index (χ1n) is 31.1. The number of aromatic nitrogens is 2. The number of nitrogens with two attached hydrogens (primary N) is 1. The molecule has 5 aliphatic rings. The monoisotopic (exact) mass is 1060 g/mol. The highest BCUT2D eigenvalue weighted by atomic mass is 16.6. The van der Waals surface area contributed by atoms with Crippen molar-refractivity contribution in [3.63, 3.8) is 0 Å². The van der Waals surface area contributed by atoms with Crippen molar-refractivity contribution < 1.29 is 23.9 Å². The van der Waals surface area contributed by atoms with Gasteiger partial charge in [-0.3, -0.25) is 14.4 Å². The molecule has 0 bridgehead atoms. The third kappa shape index (κ3) is 18.0. The van der Waals surface area contributed by atoms with Crippen molar-refractivity contribution in [3.8, 4) is 0 Å². The molecule has 1 aromatic rings. The van der Waals surface area contributed by atoms with Crippen molar-refractivity contribution in [2.45, 2.75) is 231 Å². The number of alkyl carbamates (subject to hydrolysis) is 1. The van der Waals surface area contributed by atoms with Crippen LogP contribution < -0.4 is 16.4 Å². The maximum absolute atomic E-state index is 14.5. The van der Waals surface area contributed by atoms with E-state index in [1.165, 1.54) is 116 Å². The lowest BCUT2D eigenvalue weighted by Crippen LogP contribution is -2.54. The van der Waals surface area contributed by atoms with Crippen LogP contribution in [0.15, 0.2) is 24.7 Å². The summed E-state index contributed by atoms with van der Waals surface area (Å²) in [4.78, 5) is 70.6. The Morgan fingerprint density at radius 2 is 1.43 bits per heavy atom. The minimum Gasteiger partial charge on any atom is -0.446 e. The van der Waals surface area contributed by atoms with E-state index in [1.807, 2.05) is 33.1 Å². The number of fused-ring (bicyclic) bond motifs is 5. The predicted octanol–water partition coefficient (Wildman–Crippen LogP) is 10.7. The van der Waals surface area contributed by atoms with Crippen molar-refractivity contribution in [2.75, 3.05) is 67.5 Å². The van der Waals surface area contributed by atoms with Gasteiger partial charge in [-0.1, -0.05) is 90.7 Å². The summed E-state index contributed by atoms with van der Waals surface area (Å²) in [5.41, 5.74) is 7.84. The van der Waals surface area contributed by atoms with Crippen LogP contribution >= 0.6 is 0 Å². The van der Waals surface area contributed by atoms with Gasteiger partial charge in [-0.25, -0.2) is 9.78 Å². The highest BCUT2D eigenvalue weighted by Gasteiger charge is 2.60. The number of aromatic amines is 1. The van der Waals surface area contributed by atoms with E-state index in [4.69, 9.17) is 10.5 Å². The second kappa shape index (κ2) is 31.3. The second-order valence-electron chi connectivity index (χ2n) is 25.7. The number of carbonyl (C=O) groups excluding carboxylic acids is 4. The van der Waals surface area contributed by atoms with Crippen LogP contribution in [0.25, 0.3) is 0 Å². The van der Waals surface area contributed by atoms with E-state index >= 15 is 0 Å². The molecule has 1 saturated heterocycles. The molecule has 432 valence electrons. The van der Waals surface area contributed by atoms with Crippen LogP contribution in [0.3, 0.4) is 0 Å². The number of allylic oxidation sites excluding steroid dienone is 2. The standard InChI is InChI=1S/C62H109N9O5/c1-8-9-10-11-12-13-14-15-16-17-18-19-20-21-22-23-36-65-60(75)76-51-32-34-62(3)48(41-51)26-29-52-53-30-27-47(61(53,2)35-33-54(52)62)28-31-57(72)67-50-43-56(71(45-50)58(73)55(63)42-49-44-64-46-66-49)59(74)70(39-24-37-68(4)5)40-25-38-69(6)7/h15-16,44,46-48,50-56H,8-14,17-43,45,63H2,1-7H3,(H,64,66)(H,65,75)(H,67,72)/b16-15-/t47?,48?,50-,51+,52?,53?,54?,55?,56-,61+,62-/m0/s1. The van der Waals surface area contributed by atoms with Crippen LogP contribution in [-0.4, -0.2) is 145 Å². The fourth-order valence-corrected chi connectivity index (χ4v) is 15.3. The molecule has 76 heavy (non-hydrogen) atoms. The Bertz CT molecular complexity index is 1900. The Balaban J connectivity index is 0.916. The molecule has 4 aliphatic carbocycles. The van der Waals surface area contributed by atoms with Crippen LogP contribution in [0.1, 0.15) is 206 Å². The number of unbranched alkanes of at least 4 members (excludes halogenated alkanes) is 12. The van der Waals surface area contributed by atoms with Gasteiger partial charge in [0, 0.05) is 57.0 Å². The number of amides is 4. The van der Waals surface area contributed by atoms with Crippen LogP contribution in [0, 0.1) is 40.4 Å². The lowest BCUT2D eigenvalue weighted by Gasteiger charge is -2.61. The van der Waals surface area contributed by atoms with E-state index in [0.29, 0.717) is 62.6 Å². The van der Waals surface area contributed by atoms with E-state index < -0.39 is 12.1 Å². The number of H-pyrrole nitrogens is 1. The number of rotatable bonds is 33. The number of likely N-dealkylation sites (tertiary alicyclic amines) is 1. The first-order valence-corrected chi connectivity index (χ1v) is 31.1. The summed E-state index contributed by atoms with van der Waals surface area (Å²) < 4.78 is 6.11. The lowest BCUT2D eigenvalue weighted by atomic mass is 9.44. The molecule has 5 fully saturated rings. The van der Waals surface area contributed by atoms with Crippen molar-refractivity contribution in [2.24, 2.45) is 46.2 Å². The zero-order chi connectivity index (χ0) is 54.5. The molecule has 0 aromatic carbocycles. The Hall–Kier alpha value is -3.49. The van der Waals surface area contributed by atoms with Gasteiger partial charge in [0.25, 0.3) is 0 Å². The zero-order valence-electron chi connectivity index (χ0n) is 49.1. The van der Waals surface area contributed by atoms with Gasteiger partial charge in [-0.15, -0.1) is 0 Å². The first-order chi connectivity index (χ1) is 36.6. The summed E-state index contributed by atoms with van der Waals surface area (Å²) in [7, 11) is 8.16. The summed E-state index contributed by atoms with van der Waals surface area (Å²) in [5, 5.41) is 6.40. The molecule has 0 spiro atoms. The molecule has 1 aliphatic heterocycles. The molecular formula is C62H109N9O5. The van der Waals surface area contributed by atoms with Gasteiger partial charge < -0.3 is 45.7 Å². The van der Waals surface area contributed by atoms with Gasteiger partial charge in [-0.2, -0.15) is 0 Å². The summed E-state index contributed by atoms with van der Waals surface area (Å²) in [6.07, 6.45) is 39.9. The Morgan fingerprint density at radius 3 is 2.09 bits per heavy atom. The fraction of sp³-hybridized carbons (Fsp3) is 0.855. The minimum absolute atomic E-state index is 0.0143. The first kappa shape index (κ1) is 61.7. The van der Waals surface area contributed by atoms with E-state index in [-0.39, 0.29) is 53.3 Å².